The number of aryl methyl sites for hydroxylation is 1. The fraction of sp³-hybridized carbons (Fsp3) is 0.588. The van der Waals surface area contributed by atoms with E-state index in [1.807, 2.05) is 31.2 Å². The Balaban J connectivity index is 1.63. The molecule has 1 aliphatic heterocycles. The molecule has 2 N–H and O–H groups in total. The average molecular weight is 305 g/mol. The van der Waals surface area contributed by atoms with E-state index in [2.05, 4.69) is 29.4 Å². The van der Waals surface area contributed by atoms with Crippen LogP contribution in [0.5, 0.6) is 0 Å². The third-order valence-corrected chi connectivity index (χ3v) is 3.71. The maximum Gasteiger partial charge on any atom is 0.319 e. The van der Waals surface area contributed by atoms with Gasteiger partial charge >= 0.3 is 6.03 Å². The molecule has 0 aromatic heterocycles. The largest absolute Gasteiger partial charge is 0.373 e. The molecule has 1 heterocycles. The molecule has 22 heavy (non-hydrogen) atoms. The van der Waals surface area contributed by atoms with Gasteiger partial charge in [0.2, 0.25) is 0 Å². The first kappa shape index (κ1) is 16.8. The lowest BCUT2D eigenvalue weighted by Crippen LogP contribution is -2.46. The number of nitrogens with one attached hydrogen (secondary N) is 2. The number of benzene rings is 1. The van der Waals surface area contributed by atoms with E-state index in [1.165, 1.54) is 0 Å². The first-order valence-corrected chi connectivity index (χ1v) is 8.02. The molecule has 122 valence electrons. The van der Waals surface area contributed by atoms with Crippen molar-refractivity contribution in [1.82, 2.24) is 10.2 Å². The maximum atomic E-state index is 11.8. The summed E-state index contributed by atoms with van der Waals surface area (Å²) in [4.78, 5) is 14.2. The predicted octanol–water partition coefficient (Wildman–Crippen LogP) is 2.62. The van der Waals surface area contributed by atoms with E-state index >= 15 is 0 Å². The summed E-state index contributed by atoms with van der Waals surface area (Å²) in [7, 11) is 0. The van der Waals surface area contributed by atoms with Crippen LogP contribution in [-0.4, -0.2) is 49.3 Å². The molecule has 1 saturated heterocycles. The number of hydrogen-bond donors (Lipinski definition) is 2. The van der Waals surface area contributed by atoms with E-state index in [-0.39, 0.29) is 6.03 Å². The van der Waals surface area contributed by atoms with Gasteiger partial charge in [-0.2, -0.15) is 0 Å². The number of carbonyl (C=O) groups is 1. The first-order valence-electron chi connectivity index (χ1n) is 8.02. The Morgan fingerprint density at radius 1 is 1.32 bits per heavy atom. The van der Waals surface area contributed by atoms with Crippen LogP contribution in [0.2, 0.25) is 0 Å². The minimum Gasteiger partial charge on any atom is -0.373 e. The number of anilines is 1. The van der Waals surface area contributed by atoms with Gasteiger partial charge in [-0.15, -0.1) is 0 Å². The number of morpholine rings is 1. The van der Waals surface area contributed by atoms with Crippen LogP contribution in [0.3, 0.4) is 0 Å². The van der Waals surface area contributed by atoms with Gasteiger partial charge in [-0.05, 0) is 44.9 Å². The zero-order valence-electron chi connectivity index (χ0n) is 13.8. The Labute approximate surface area is 133 Å². The predicted molar refractivity (Wildman–Crippen MR) is 89.3 cm³/mol. The van der Waals surface area contributed by atoms with Crippen molar-refractivity contribution < 1.29 is 9.53 Å². The van der Waals surface area contributed by atoms with E-state index in [0.717, 1.165) is 37.3 Å². The quantitative estimate of drug-likeness (QED) is 0.822. The lowest BCUT2D eigenvalue weighted by Gasteiger charge is -2.35. The van der Waals surface area contributed by atoms with Gasteiger partial charge in [0.05, 0.1) is 12.2 Å². The van der Waals surface area contributed by atoms with Crippen molar-refractivity contribution in [2.45, 2.75) is 39.4 Å². The Morgan fingerprint density at radius 2 is 2.05 bits per heavy atom. The van der Waals surface area contributed by atoms with Crippen molar-refractivity contribution >= 4 is 11.7 Å². The topological polar surface area (TPSA) is 53.6 Å². The minimum absolute atomic E-state index is 0.144. The molecule has 0 spiro atoms. The third kappa shape index (κ3) is 5.66. The number of rotatable bonds is 5. The number of amides is 2. The Morgan fingerprint density at radius 3 is 2.73 bits per heavy atom. The number of nitrogens with zero attached hydrogens (tertiary/aromatic N) is 1. The summed E-state index contributed by atoms with van der Waals surface area (Å²) in [5, 5.41) is 5.76. The molecule has 0 bridgehead atoms. The molecule has 2 atom stereocenters. The van der Waals surface area contributed by atoms with Gasteiger partial charge in [-0.3, -0.25) is 4.90 Å². The highest BCUT2D eigenvalue weighted by molar-refractivity contribution is 5.89. The van der Waals surface area contributed by atoms with Gasteiger partial charge in [0.1, 0.15) is 0 Å². The Hall–Kier alpha value is -1.59. The molecular weight excluding hydrogens is 278 g/mol. The second-order valence-electron chi connectivity index (χ2n) is 6.12. The van der Waals surface area contributed by atoms with Crippen LogP contribution in [0.4, 0.5) is 10.5 Å². The van der Waals surface area contributed by atoms with E-state index in [9.17, 15) is 4.79 Å². The minimum atomic E-state index is -0.144. The molecule has 0 saturated carbocycles. The molecule has 5 heteroatoms. The van der Waals surface area contributed by atoms with Crippen LogP contribution in [0, 0.1) is 6.92 Å². The van der Waals surface area contributed by atoms with Crippen molar-refractivity contribution in [3.05, 3.63) is 29.8 Å². The number of urea groups is 1. The first-order chi connectivity index (χ1) is 10.5. The molecule has 1 aliphatic rings. The fourth-order valence-corrected chi connectivity index (χ4v) is 2.87. The van der Waals surface area contributed by atoms with E-state index in [4.69, 9.17) is 4.74 Å². The van der Waals surface area contributed by atoms with E-state index in [1.54, 1.807) is 0 Å². The summed E-state index contributed by atoms with van der Waals surface area (Å²) in [5.41, 5.74) is 1.96. The van der Waals surface area contributed by atoms with Crippen LogP contribution >= 0.6 is 0 Å². The summed E-state index contributed by atoms with van der Waals surface area (Å²) in [6, 6.07) is 7.65. The lowest BCUT2D eigenvalue weighted by molar-refractivity contribution is -0.0679. The highest BCUT2D eigenvalue weighted by atomic mass is 16.5. The molecule has 0 aliphatic carbocycles. The molecule has 2 rings (SSSR count). The number of carbonyl (C=O) groups excluding carboxylic acids is 1. The molecule has 2 unspecified atom stereocenters. The molecule has 1 fully saturated rings. The molecule has 1 aromatic carbocycles. The Kier molecular flexibility index (Phi) is 6.21. The monoisotopic (exact) mass is 305 g/mol. The van der Waals surface area contributed by atoms with Crippen LogP contribution in [-0.2, 0) is 4.74 Å². The van der Waals surface area contributed by atoms with E-state index < -0.39 is 0 Å². The van der Waals surface area contributed by atoms with Crippen molar-refractivity contribution in [3.8, 4) is 0 Å². The maximum absolute atomic E-state index is 11.8. The second kappa shape index (κ2) is 8.15. The normalized spacial score (nSPS) is 22.3. The summed E-state index contributed by atoms with van der Waals surface area (Å²) in [5.74, 6) is 0. The van der Waals surface area contributed by atoms with Crippen molar-refractivity contribution in [2.75, 3.05) is 31.5 Å². The zero-order valence-corrected chi connectivity index (χ0v) is 13.8. The third-order valence-electron chi connectivity index (χ3n) is 3.71. The van der Waals surface area contributed by atoms with Gasteiger partial charge in [0, 0.05) is 31.9 Å². The lowest BCUT2D eigenvalue weighted by atomic mass is 10.2. The Bertz CT molecular complexity index is 483. The van der Waals surface area contributed by atoms with Crippen LogP contribution in [0.1, 0.15) is 25.8 Å². The van der Waals surface area contributed by atoms with Gasteiger partial charge in [-0.25, -0.2) is 4.79 Å². The molecule has 0 radical (unpaired) electrons. The van der Waals surface area contributed by atoms with Gasteiger partial charge < -0.3 is 15.4 Å². The van der Waals surface area contributed by atoms with E-state index in [0.29, 0.717) is 18.8 Å². The van der Waals surface area contributed by atoms with Crippen molar-refractivity contribution in [1.29, 1.82) is 0 Å². The molecular formula is C17H27N3O2. The highest BCUT2D eigenvalue weighted by Gasteiger charge is 2.21. The zero-order chi connectivity index (χ0) is 15.9. The molecule has 5 nitrogen and oxygen atoms in total. The van der Waals surface area contributed by atoms with Gasteiger partial charge in [0.25, 0.3) is 0 Å². The van der Waals surface area contributed by atoms with Gasteiger partial charge in [0.15, 0.2) is 0 Å². The number of hydrogen-bond acceptors (Lipinski definition) is 3. The van der Waals surface area contributed by atoms with Crippen molar-refractivity contribution in [3.63, 3.8) is 0 Å². The second-order valence-corrected chi connectivity index (χ2v) is 6.12. The average Bonchev–Trinajstić information content (AvgIpc) is 2.42. The summed E-state index contributed by atoms with van der Waals surface area (Å²) in [6.45, 7) is 9.83. The van der Waals surface area contributed by atoms with Crippen LogP contribution in [0.25, 0.3) is 0 Å². The summed E-state index contributed by atoms with van der Waals surface area (Å²) < 4.78 is 5.72. The van der Waals surface area contributed by atoms with Crippen molar-refractivity contribution in [2.24, 2.45) is 0 Å². The van der Waals surface area contributed by atoms with Crippen LogP contribution < -0.4 is 10.6 Å². The smallest absolute Gasteiger partial charge is 0.319 e. The fourth-order valence-electron chi connectivity index (χ4n) is 2.87. The molecule has 2 amide bonds. The highest BCUT2D eigenvalue weighted by Crippen LogP contribution is 2.11. The van der Waals surface area contributed by atoms with Crippen LogP contribution in [0.15, 0.2) is 24.3 Å². The van der Waals surface area contributed by atoms with Gasteiger partial charge in [-0.1, -0.05) is 12.1 Å². The SMILES string of the molecule is Cc1cccc(NC(=O)NCCCN2CC(C)OC(C)C2)c1. The summed E-state index contributed by atoms with van der Waals surface area (Å²) in [6.07, 6.45) is 1.53. The number of ether oxygens (including phenoxy) is 1. The standard InChI is InChI=1S/C17H27N3O2/c1-13-6-4-7-16(10-13)19-17(21)18-8-5-9-20-11-14(2)22-15(3)12-20/h4,6-7,10,14-15H,5,8-9,11-12H2,1-3H3,(H2,18,19,21). The summed E-state index contributed by atoms with van der Waals surface area (Å²) >= 11 is 0. The molecule has 1 aromatic rings.